The zero-order valence-electron chi connectivity index (χ0n) is 12.0. The van der Waals surface area contributed by atoms with Crippen LogP contribution < -0.4 is 14.8 Å². The Morgan fingerprint density at radius 2 is 1.79 bits per heavy atom. The second kappa shape index (κ2) is 7.28. The number of ether oxygens (including phenoxy) is 2. The predicted octanol–water partition coefficient (Wildman–Crippen LogP) is 2.71. The van der Waals surface area contributed by atoms with Gasteiger partial charge in [0.05, 0.1) is 19.5 Å². The van der Waals surface area contributed by atoms with Crippen LogP contribution in [0.3, 0.4) is 0 Å². The lowest BCUT2D eigenvalue weighted by Crippen LogP contribution is -2.35. The SMILES string of the molecule is COc1ccc(S[C@H](C)C(=O)NC(C)C)cc1OC. The van der Waals surface area contributed by atoms with E-state index in [1.807, 2.05) is 39.0 Å². The van der Waals surface area contributed by atoms with E-state index in [4.69, 9.17) is 9.47 Å². The Balaban J connectivity index is 2.74. The van der Waals surface area contributed by atoms with Crippen molar-refractivity contribution in [3.8, 4) is 11.5 Å². The van der Waals surface area contributed by atoms with Crippen LogP contribution in [0.2, 0.25) is 0 Å². The van der Waals surface area contributed by atoms with Crippen LogP contribution in [0.15, 0.2) is 23.1 Å². The van der Waals surface area contributed by atoms with Gasteiger partial charge in [-0.05, 0) is 39.0 Å². The molecule has 1 atom stereocenters. The number of benzene rings is 1. The molecule has 1 N–H and O–H groups in total. The van der Waals surface area contributed by atoms with Crippen LogP contribution in [0.25, 0.3) is 0 Å². The number of methoxy groups -OCH3 is 2. The van der Waals surface area contributed by atoms with Gasteiger partial charge in [-0.1, -0.05) is 0 Å². The summed E-state index contributed by atoms with van der Waals surface area (Å²) in [5.74, 6) is 1.39. The fourth-order valence-corrected chi connectivity index (χ4v) is 2.45. The zero-order valence-corrected chi connectivity index (χ0v) is 12.8. The molecule has 0 heterocycles. The number of carbonyl (C=O) groups excluding carboxylic acids is 1. The van der Waals surface area contributed by atoms with E-state index in [1.54, 1.807) is 14.2 Å². The molecule has 1 aromatic rings. The van der Waals surface area contributed by atoms with Crippen molar-refractivity contribution < 1.29 is 14.3 Å². The van der Waals surface area contributed by atoms with Crippen LogP contribution in [-0.4, -0.2) is 31.4 Å². The molecule has 0 radical (unpaired) electrons. The number of rotatable bonds is 6. The Kier molecular flexibility index (Phi) is 6.02. The molecule has 0 saturated carbocycles. The normalized spacial score (nSPS) is 12.1. The molecule has 1 aromatic carbocycles. The molecule has 1 amide bonds. The van der Waals surface area contributed by atoms with Crippen molar-refractivity contribution in [3.05, 3.63) is 18.2 Å². The molecule has 0 fully saturated rings. The van der Waals surface area contributed by atoms with Crippen LogP contribution >= 0.6 is 11.8 Å². The summed E-state index contributed by atoms with van der Waals surface area (Å²) in [7, 11) is 3.20. The third-order valence-corrected chi connectivity index (χ3v) is 3.56. The van der Waals surface area contributed by atoms with Crippen molar-refractivity contribution in [1.82, 2.24) is 5.32 Å². The third kappa shape index (κ3) is 4.67. The van der Waals surface area contributed by atoms with Gasteiger partial charge in [0.2, 0.25) is 5.91 Å². The highest BCUT2D eigenvalue weighted by atomic mass is 32.2. The minimum absolute atomic E-state index is 0.0368. The lowest BCUT2D eigenvalue weighted by Gasteiger charge is -2.15. The molecular formula is C14H21NO3S. The average molecular weight is 283 g/mol. The van der Waals surface area contributed by atoms with Crippen LogP contribution in [-0.2, 0) is 4.79 Å². The van der Waals surface area contributed by atoms with E-state index in [0.717, 1.165) is 4.90 Å². The summed E-state index contributed by atoms with van der Waals surface area (Å²) in [4.78, 5) is 12.8. The topological polar surface area (TPSA) is 47.6 Å². The molecule has 1 rings (SSSR count). The highest BCUT2D eigenvalue weighted by molar-refractivity contribution is 8.00. The molecule has 0 unspecified atom stereocenters. The summed E-state index contributed by atoms with van der Waals surface area (Å²) in [5, 5.41) is 2.75. The van der Waals surface area contributed by atoms with E-state index in [1.165, 1.54) is 11.8 Å². The molecule has 0 spiro atoms. The minimum Gasteiger partial charge on any atom is -0.493 e. The number of nitrogens with one attached hydrogen (secondary N) is 1. The van der Waals surface area contributed by atoms with Gasteiger partial charge in [-0.3, -0.25) is 4.79 Å². The first-order chi connectivity index (χ1) is 8.97. The van der Waals surface area contributed by atoms with Crippen molar-refractivity contribution in [3.63, 3.8) is 0 Å². The molecule has 0 bridgehead atoms. The molecule has 0 aliphatic carbocycles. The van der Waals surface area contributed by atoms with Crippen LogP contribution in [0, 0.1) is 0 Å². The number of hydrogen-bond donors (Lipinski definition) is 1. The highest BCUT2D eigenvalue weighted by Crippen LogP contribution is 2.33. The van der Waals surface area contributed by atoms with Crippen molar-refractivity contribution >= 4 is 17.7 Å². The number of hydrogen-bond acceptors (Lipinski definition) is 4. The van der Waals surface area contributed by atoms with Crippen molar-refractivity contribution in [1.29, 1.82) is 0 Å². The van der Waals surface area contributed by atoms with Gasteiger partial charge in [0.25, 0.3) is 0 Å². The number of thioether (sulfide) groups is 1. The van der Waals surface area contributed by atoms with Crippen LogP contribution in [0.1, 0.15) is 20.8 Å². The second-order valence-electron chi connectivity index (χ2n) is 4.44. The fourth-order valence-electron chi connectivity index (χ4n) is 1.55. The van der Waals surface area contributed by atoms with Gasteiger partial charge >= 0.3 is 0 Å². The first kappa shape index (κ1) is 15.7. The van der Waals surface area contributed by atoms with E-state index in [9.17, 15) is 4.79 Å². The van der Waals surface area contributed by atoms with E-state index < -0.39 is 0 Å². The van der Waals surface area contributed by atoms with Gasteiger partial charge in [-0.15, -0.1) is 11.8 Å². The summed E-state index contributed by atoms with van der Waals surface area (Å²) in [5.41, 5.74) is 0. The minimum atomic E-state index is -0.152. The quantitative estimate of drug-likeness (QED) is 0.816. The Labute approximate surface area is 118 Å². The standard InChI is InChI=1S/C14H21NO3S/c1-9(2)15-14(16)10(3)19-11-6-7-12(17-4)13(8-11)18-5/h6-10H,1-5H3,(H,15,16)/t10-/m1/s1. The summed E-state index contributed by atoms with van der Waals surface area (Å²) in [6.07, 6.45) is 0. The first-order valence-electron chi connectivity index (χ1n) is 6.17. The largest absolute Gasteiger partial charge is 0.493 e. The van der Waals surface area contributed by atoms with Gasteiger partial charge < -0.3 is 14.8 Å². The van der Waals surface area contributed by atoms with Gasteiger partial charge in [-0.25, -0.2) is 0 Å². The molecular weight excluding hydrogens is 262 g/mol. The second-order valence-corrected chi connectivity index (χ2v) is 5.85. The summed E-state index contributed by atoms with van der Waals surface area (Å²) >= 11 is 1.49. The number of amides is 1. The molecule has 0 aromatic heterocycles. The van der Waals surface area contributed by atoms with Crippen molar-refractivity contribution in [2.24, 2.45) is 0 Å². The Hall–Kier alpha value is -1.36. The highest BCUT2D eigenvalue weighted by Gasteiger charge is 2.16. The lowest BCUT2D eigenvalue weighted by molar-refractivity contribution is -0.120. The van der Waals surface area contributed by atoms with Crippen molar-refractivity contribution in [2.45, 2.75) is 37.0 Å². The first-order valence-corrected chi connectivity index (χ1v) is 7.05. The Morgan fingerprint density at radius 3 is 2.32 bits per heavy atom. The summed E-state index contributed by atoms with van der Waals surface area (Å²) in [6.45, 7) is 5.79. The van der Waals surface area contributed by atoms with Gasteiger partial charge in [-0.2, -0.15) is 0 Å². The van der Waals surface area contributed by atoms with Gasteiger partial charge in [0.1, 0.15) is 0 Å². The monoisotopic (exact) mass is 283 g/mol. The predicted molar refractivity (Wildman–Crippen MR) is 78.1 cm³/mol. The van der Waals surface area contributed by atoms with E-state index in [0.29, 0.717) is 11.5 Å². The van der Waals surface area contributed by atoms with Crippen LogP contribution in [0.4, 0.5) is 0 Å². The molecule has 106 valence electrons. The molecule has 4 nitrogen and oxygen atoms in total. The van der Waals surface area contributed by atoms with E-state index in [-0.39, 0.29) is 17.2 Å². The van der Waals surface area contributed by atoms with Gasteiger partial charge in [0, 0.05) is 10.9 Å². The molecule has 0 saturated heterocycles. The molecule has 0 aliphatic rings. The zero-order chi connectivity index (χ0) is 14.4. The van der Waals surface area contributed by atoms with Crippen molar-refractivity contribution in [2.75, 3.05) is 14.2 Å². The van der Waals surface area contributed by atoms with E-state index >= 15 is 0 Å². The summed E-state index contributed by atoms with van der Waals surface area (Å²) in [6, 6.07) is 5.79. The maximum Gasteiger partial charge on any atom is 0.233 e. The average Bonchev–Trinajstić information content (AvgIpc) is 2.37. The Bertz CT molecular complexity index is 435. The molecule has 5 heteroatoms. The maximum absolute atomic E-state index is 11.8. The van der Waals surface area contributed by atoms with Gasteiger partial charge in [0.15, 0.2) is 11.5 Å². The Morgan fingerprint density at radius 1 is 1.16 bits per heavy atom. The maximum atomic E-state index is 11.8. The molecule has 0 aliphatic heterocycles. The smallest absolute Gasteiger partial charge is 0.233 e. The lowest BCUT2D eigenvalue weighted by atomic mass is 10.3. The third-order valence-electron chi connectivity index (χ3n) is 2.47. The number of carbonyl (C=O) groups is 1. The fraction of sp³-hybridized carbons (Fsp3) is 0.500. The summed E-state index contributed by atoms with van der Waals surface area (Å²) < 4.78 is 10.4. The van der Waals surface area contributed by atoms with Crippen LogP contribution in [0.5, 0.6) is 11.5 Å². The van der Waals surface area contributed by atoms with E-state index in [2.05, 4.69) is 5.32 Å². The molecule has 19 heavy (non-hydrogen) atoms.